The molecule has 0 unspecified atom stereocenters. The first-order valence-electron chi connectivity index (χ1n) is 8.84. The van der Waals surface area contributed by atoms with Crippen molar-refractivity contribution in [3.8, 4) is 11.5 Å². The summed E-state index contributed by atoms with van der Waals surface area (Å²) in [4.78, 5) is 16.8. The summed E-state index contributed by atoms with van der Waals surface area (Å²) in [5.74, 6) is 1.69. The van der Waals surface area contributed by atoms with Gasteiger partial charge in [-0.25, -0.2) is 4.98 Å². The molecular weight excluding hydrogens is 354 g/mol. The van der Waals surface area contributed by atoms with E-state index in [1.54, 1.807) is 32.5 Å². The van der Waals surface area contributed by atoms with E-state index in [1.165, 1.54) is 5.56 Å². The summed E-state index contributed by atoms with van der Waals surface area (Å²) >= 11 is 0. The molecule has 1 aromatic heterocycles. The second kappa shape index (κ2) is 8.43. The third-order valence-corrected chi connectivity index (χ3v) is 4.45. The highest BCUT2D eigenvalue weighted by Crippen LogP contribution is 2.30. The summed E-state index contributed by atoms with van der Waals surface area (Å²) in [5, 5.41) is 6.07. The van der Waals surface area contributed by atoms with Crippen molar-refractivity contribution >= 4 is 23.1 Å². The first-order chi connectivity index (χ1) is 13.5. The molecule has 6 heteroatoms. The van der Waals surface area contributed by atoms with Crippen LogP contribution in [0.4, 0.5) is 17.2 Å². The number of aryl methyl sites for hydroxylation is 2. The molecule has 2 aromatic carbocycles. The zero-order valence-electron chi connectivity index (χ0n) is 16.4. The Kier molecular flexibility index (Phi) is 5.79. The van der Waals surface area contributed by atoms with Gasteiger partial charge in [0.1, 0.15) is 5.82 Å². The average Bonchev–Trinajstić information content (AvgIpc) is 2.71. The van der Waals surface area contributed by atoms with Crippen LogP contribution < -0.4 is 20.1 Å². The summed E-state index contributed by atoms with van der Waals surface area (Å²) < 4.78 is 10.5. The van der Waals surface area contributed by atoms with Gasteiger partial charge in [0.2, 0.25) is 0 Å². The minimum Gasteiger partial charge on any atom is -0.493 e. The SMILES string of the molecule is COc1ccc(Nc2ccc(C(=O)Nc3ccc(C)c(C)c3)cn2)cc1OC. The first kappa shape index (κ1) is 19.2. The number of anilines is 3. The lowest BCUT2D eigenvalue weighted by atomic mass is 10.1. The highest BCUT2D eigenvalue weighted by molar-refractivity contribution is 6.04. The van der Waals surface area contributed by atoms with Crippen LogP contribution in [0.25, 0.3) is 0 Å². The average molecular weight is 377 g/mol. The van der Waals surface area contributed by atoms with Gasteiger partial charge in [0.05, 0.1) is 19.8 Å². The summed E-state index contributed by atoms with van der Waals surface area (Å²) in [6, 6.07) is 14.8. The van der Waals surface area contributed by atoms with Gasteiger partial charge in [-0.3, -0.25) is 4.79 Å². The zero-order valence-corrected chi connectivity index (χ0v) is 16.4. The number of aromatic nitrogens is 1. The van der Waals surface area contributed by atoms with Crippen LogP contribution >= 0.6 is 0 Å². The van der Waals surface area contributed by atoms with Gasteiger partial charge in [0.15, 0.2) is 11.5 Å². The van der Waals surface area contributed by atoms with Gasteiger partial charge >= 0.3 is 0 Å². The summed E-state index contributed by atoms with van der Waals surface area (Å²) in [6.07, 6.45) is 1.54. The zero-order chi connectivity index (χ0) is 20.1. The molecule has 2 N–H and O–H groups in total. The Hall–Kier alpha value is -3.54. The standard InChI is InChI=1S/C22H23N3O3/c1-14-5-7-17(11-15(14)2)25-22(26)16-6-10-21(23-13-16)24-18-8-9-19(27-3)20(12-18)28-4/h5-13H,1-4H3,(H,23,24)(H,25,26). The van der Waals surface area contributed by atoms with E-state index in [2.05, 4.69) is 15.6 Å². The van der Waals surface area contributed by atoms with Crippen LogP contribution in [0, 0.1) is 13.8 Å². The van der Waals surface area contributed by atoms with Crippen molar-refractivity contribution < 1.29 is 14.3 Å². The van der Waals surface area contributed by atoms with Crippen molar-refractivity contribution in [3.63, 3.8) is 0 Å². The van der Waals surface area contributed by atoms with Crippen molar-refractivity contribution in [1.29, 1.82) is 0 Å². The van der Waals surface area contributed by atoms with Gasteiger partial charge in [0.25, 0.3) is 5.91 Å². The number of methoxy groups -OCH3 is 2. The summed E-state index contributed by atoms with van der Waals surface area (Å²) in [7, 11) is 3.18. The van der Waals surface area contributed by atoms with E-state index < -0.39 is 0 Å². The Morgan fingerprint density at radius 3 is 2.25 bits per heavy atom. The fourth-order valence-corrected chi connectivity index (χ4v) is 2.69. The number of amides is 1. The van der Waals surface area contributed by atoms with E-state index in [1.807, 2.05) is 50.2 Å². The number of hydrogen-bond donors (Lipinski definition) is 2. The molecule has 0 aliphatic heterocycles. The van der Waals surface area contributed by atoms with Crippen molar-refractivity contribution in [3.05, 3.63) is 71.4 Å². The molecule has 0 saturated carbocycles. The molecule has 1 heterocycles. The number of benzene rings is 2. The Labute approximate surface area is 164 Å². The van der Waals surface area contributed by atoms with E-state index in [-0.39, 0.29) is 5.91 Å². The monoisotopic (exact) mass is 377 g/mol. The Morgan fingerprint density at radius 1 is 0.857 bits per heavy atom. The van der Waals surface area contributed by atoms with Gasteiger partial charge < -0.3 is 20.1 Å². The highest BCUT2D eigenvalue weighted by Gasteiger charge is 2.09. The summed E-state index contributed by atoms with van der Waals surface area (Å²) in [6.45, 7) is 4.05. The quantitative estimate of drug-likeness (QED) is 0.651. The van der Waals surface area contributed by atoms with E-state index >= 15 is 0 Å². The van der Waals surface area contributed by atoms with Gasteiger partial charge in [0, 0.05) is 23.6 Å². The van der Waals surface area contributed by atoms with Crippen LogP contribution in [0.15, 0.2) is 54.7 Å². The number of pyridine rings is 1. The molecule has 3 aromatic rings. The van der Waals surface area contributed by atoms with Crippen molar-refractivity contribution in [2.24, 2.45) is 0 Å². The topological polar surface area (TPSA) is 72.5 Å². The molecule has 0 aliphatic carbocycles. The number of hydrogen-bond acceptors (Lipinski definition) is 5. The number of carbonyl (C=O) groups excluding carboxylic acids is 1. The molecule has 1 amide bonds. The number of nitrogens with zero attached hydrogens (tertiary/aromatic N) is 1. The molecule has 0 fully saturated rings. The van der Waals surface area contributed by atoms with Crippen LogP contribution in [-0.4, -0.2) is 25.1 Å². The molecule has 144 valence electrons. The van der Waals surface area contributed by atoms with E-state index in [4.69, 9.17) is 9.47 Å². The molecule has 0 bridgehead atoms. The Balaban J connectivity index is 1.69. The van der Waals surface area contributed by atoms with Gasteiger partial charge in [-0.05, 0) is 61.4 Å². The van der Waals surface area contributed by atoms with Crippen LogP contribution in [0.1, 0.15) is 21.5 Å². The number of rotatable bonds is 6. The number of nitrogens with one attached hydrogen (secondary N) is 2. The third kappa shape index (κ3) is 4.40. The predicted molar refractivity (Wildman–Crippen MR) is 111 cm³/mol. The number of carbonyl (C=O) groups is 1. The minimum absolute atomic E-state index is 0.201. The Bertz CT molecular complexity index is 985. The van der Waals surface area contributed by atoms with Crippen LogP contribution in [0.5, 0.6) is 11.5 Å². The molecule has 0 spiro atoms. The van der Waals surface area contributed by atoms with Gasteiger partial charge in [-0.1, -0.05) is 6.07 Å². The lowest BCUT2D eigenvalue weighted by Gasteiger charge is -2.11. The molecular formula is C22H23N3O3. The maximum absolute atomic E-state index is 12.4. The van der Waals surface area contributed by atoms with Crippen LogP contribution in [0.3, 0.4) is 0 Å². The fourth-order valence-electron chi connectivity index (χ4n) is 2.69. The first-order valence-corrected chi connectivity index (χ1v) is 8.84. The molecule has 28 heavy (non-hydrogen) atoms. The van der Waals surface area contributed by atoms with E-state index in [0.29, 0.717) is 22.9 Å². The van der Waals surface area contributed by atoms with Crippen LogP contribution in [0.2, 0.25) is 0 Å². The second-order valence-electron chi connectivity index (χ2n) is 6.38. The van der Waals surface area contributed by atoms with E-state index in [0.717, 1.165) is 16.9 Å². The summed E-state index contributed by atoms with van der Waals surface area (Å²) in [5.41, 5.74) is 4.37. The van der Waals surface area contributed by atoms with Crippen LogP contribution in [-0.2, 0) is 0 Å². The third-order valence-electron chi connectivity index (χ3n) is 4.45. The second-order valence-corrected chi connectivity index (χ2v) is 6.38. The molecule has 3 rings (SSSR count). The molecule has 0 atom stereocenters. The fraction of sp³-hybridized carbons (Fsp3) is 0.182. The largest absolute Gasteiger partial charge is 0.493 e. The maximum Gasteiger partial charge on any atom is 0.257 e. The Morgan fingerprint density at radius 2 is 1.61 bits per heavy atom. The van der Waals surface area contributed by atoms with Crippen molar-refractivity contribution in [1.82, 2.24) is 4.98 Å². The highest BCUT2D eigenvalue weighted by atomic mass is 16.5. The molecule has 0 saturated heterocycles. The smallest absolute Gasteiger partial charge is 0.257 e. The molecule has 0 aliphatic rings. The van der Waals surface area contributed by atoms with Gasteiger partial charge in [-0.2, -0.15) is 0 Å². The van der Waals surface area contributed by atoms with Gasteiger partial charge in [-0.15, -0.1) is 0 Å². The molecule has 6 nitrogen and oxygen atoms in total. The predicted octanol–water partition coefficient (Wildman–Crippen LogP) is 4.71. The normalized spacial score (nSPS) is 10.3. The molecule has 0 radical (unpaired) electrons. The van der Waals surface area contributed by atoms with Crippen molar-refractivity contribution in [2.45, 2.75) is 13.8 Å². The van der Waals surface area contributed by atoms with E-state index in [9.17, 15) is 4.79 Å². The number of ether oxygens (including phenoxy) is 2. The lowest BCUT2D eigenvalue weighted by molar-refractivity contribution is 0.102. The van der Waals surface area contributed by atoms with Crippen molar-refractivity contribution in [2.75, 3.05) is 24.9 Å². The maximum atomic E-state index is 12.4. The minimum atomic E-state index is -0.201. The lowest BCUT2D eigenvalue weighted by Crippen LogP contribution is -2.12.